The van der Waals surface area contributed by atoms with Gasteiger partial charge in [-0.2, -0.15) is 0 Å². The summed E-state index contributed by atoms with van der Waals surface area (Å²) in [5.41, 5.74) is 7.46. The first-order valence-electron chi connectivity index (χ1n) is 7.03. The summed E-state index contributed by atoms with van der Waals surface area (Å²) < 4.78 is 13.4. The van der Waals surface area contributed by atoms with Gasteiger partial charge in [-0.1, -0.05) is 25.1 Å². The summed E-state index contributed by atoms with van der Waals surface area (Å²) in [5, 5.41) is 0. The Balaban J connectivity index is 1.95. The summed E-state index contributed by atoms with van der Waals surface area (Å²) in [5.74, 6) is 0.518. The Morgan fingerprint density at radius 1 is 1.26 bits per heavy atom. The molecular formula is C15H19FN2S. The highest BCUT2D eigenvalue weighted by Crippen LogP contribution is 2.39. The van der Waals surface area contributed by atoms with E-state index in [1.54, 1.807) is 0 Å². The van der Waals surface area contributed by atoms with E-state index in [2.05, 4.69) is 4.90 Å². The van der Waals surface area contributed by atoms with Crippen LogP contribution in [0.15, 0.2) is 18.2 Å². The second kappa shape index (κ2) is 5.08. The Bertz CT molecular complexity index is 503. The maximum atomic E-state index is 13.4. The van der Waals surface area contributed by atoms with Crippen molar-refractivity contribution in [1.82, 2.24) is 0 Å². The molecule has 2 unspecified atom stereocenters. The van der Waals surface area contributed by atoms with Crippen molar-refractivity contribution >= 4 is 22.9 Å². The highest BCUT2D eigenvalue weighted by Gasteiger charge is 2.36. The molecule has 1 aromatic rings. The molecular weight excluding hydrogens is 259 g/mol. The predicted octanol–water partition coefficient (Wildman–Crippen LogP) is 3.23. The van der Waals surface area contributed by atoms with Crippen LogP contribution in [0.1, 0.15) is 37.7 Å². The molecule has 0 spiro atoms. The van der Waals surface area contributed by atoms with Crippen LogP contribution in [-0.4, -0.2) is 17.6 Å². The summed E-state index contributed by atoms with van der Waals surface area (Å²) in [6.07, 6.45) is 6.43. The molecule has 0 bridgehead atoms. The smallest absolute Gasteiger partial charge is 0.124 e. The minimum absolute atomic E-state index is 0.272. The zero-order chi connectivity index (χ0) is 13.4. The molecule has 2 atom stereocenters. The minimum Gasteiger partial charge on any atom is -0.389 e. The molecule has 19 heavy (non-hydrogen) atoms. The number of hydrogen-bond donors (Lipinski definition) is 1. The SMILES string of the molecule is NC(=S)c1cc(F)ccc1N1CCC2CCCCC21. The molecule has 1 saturated heterocycles. The Hall–Kier alpha value is -1.16. The number of hydrogen-bond acceptors (Lipinski definition) is 2. The molecule has 2 aliphatic rings. The van der Waals surface area contributed by atoms with E-state index in [4.69, 9.17) is 18.0 Å². The van der Waals surface area contributed by atoms with Gasteiger partial charge in [-0.25, -0.2) is 4.39 Å². The van der Waals surface area contributed by atoms with Crippen LogP contribution in [0.5, 0.6) is 0 Å². The second-order valence-corrected chi connectivity index (χ2v) is 6.06. The molecule has 0 amide bonds. The van der Waals surface area contributed by atoms with Crippen molar-refractivity contribution in [3.63, 3.8) is 0 Å². The summed E-state index contributed by atoms with van der Waals surface area (Å²) in [6.45, 7) is 1.04. The number of thiocarbonyl (C=S) groups is 1. The van der Waals surface area contributed by atoms with E-state index >= 15 is 0 Å². The molecule has 1 heterocycles. The highest BCUT2D eigenvalue weighted by molar-refractivity contribution is 7.80. The number of nitrogens with zero attached hydrogens (tertiary/aromatic N) is 1. The zero-order valence-electron chi connectivity index (χ0n) is 10.9. The number of rotatable bonds is 2. The molecule has 1 aromatic carbocycles. The van der Waals surface area contributed by atoms with E-state index in [9.17, 15) is 4.39 Å². The average molecular weight is 278 g/mol. The van der Waals surface area contributed by atoms with E-state index in [-0.39, 0.29) is 10.8 Å². The molecule has 102 valence electrons. The molecule has 2 fully saturated rings. The fraction of sp³-hybridized carbons (Fsp3) is 0.533. The van der Waals surface area contributed by atoms with Crippen LogP contribution in [0, 0.1) is 11.7 Å². The summed E-state index contributed by atoms with van der Waals surface area (Å²) in [4.78, 5) is 2.69. The largest absolute Gasteiger partial charge is 0.389 e. The van der Waals surface area contributed by atoms with Crippen molar-refractivity contribution in [2.45, 2.75) is 38.1 Å². The van der Waals surface area contributed by atoms with Crippen molar-refractivity contribution in [2.75, 3.05) is 11.4 Å². The first kappa shape index (κ1) is 12.9. The molecule has 0 aromatic heterocycles. The van der Waals surface area contributed by atoms with E-state index in [1.165, 1.54) is 44.2 Å². The van der Waals surface area contributed by atoms with Gasteiger partial charge in [-0.3, -0.25) is 0 Å². The third-order valence-electron chi connectivity index (χ3n) is 4.54. The highest BCUT2D eigenvalue weighted by atomic mass is 32.1. The van der Waals surface area contributed by atoms with E-state index in [1.807, 2.05) is 6.07 Å². The number of anilines is 1. The maximum Gasteiger partial charge on any atom is 0.124 e. The minimum atomic E-state index is -0.272. The van der Waals surface area contributed by atoms with Gasteiger partial charge in [0.05, 0.1) is 0 Å². The molecule has 1 saturated carbocycles. The van der Waals surface area contributed by atoms with E-state index < -0.39 is 0 Å². The number of benzene rings is 1. The molecule has 2 N–H and O–H groups in total. The first-order valence-corrected chi connectivity index (χ1v) is 7.43. The molecule has 0 radical (unpaired) electrons. The van der Waals surface area contributed by atoms with Gasteiger partial charge in [-0.05, 0) is 43.4 Å². The van der Waals surface area contributed by atoms with Crippen molar-refractivity contribution in [3.8, 4) is 0 Å². The van der Waals surface area contributed by atoms with Gasteiger partial charge in [0.25, 0.3) is 0 Å². The lowest BCUT2D eigenvalue weighted by atomic mass is 9.85. The van der Waals surface area contributed by atoms with Gasteiger partial charge in [-0.15, -0.1) is 0 Å². The first-order chi connectivity index (χ1) is 9.16. The van der Waals surface area contributed by atoms with Crippen LogP contribution in [0.25, 0.3) is 0 Å². The third-order valence-corrected chi connectivity index (χ3v) is 4.76. The summed E-state index contributed by atoms with van der Waals surface area (Å²) in [7, 11) is 0. The number of halogens is 1. The fourth-order valence-electron chi connectivity index (χ4n) is 3.66. The standard InChI is InChI=1S/C15H19FN2S/c16-11-5-6-14(12(9-11)15(17)19)18-8-7-10-3-1-2-4-13(10)18/h5-6,9-10,13H,1-4,7-8H2,(H2,17,19). The van der Waals surface area contributed by atoms with Gasteiger partial charge in [0.2, 0.25) is 0 Å². The van der Waals surface area contributed by atoms with Crippen LogP contribution < -0.4 is 10.6 Å². The average Bonchev–Trinajstić information content (AvgIpc) is 2.82. The van der Waals surface area contributed by atoms with Crippen LogP contribution in [0.3, 0.4) is 0 Å². The maximum absolute atomic E-state index is 13.4. The van der Waals surface area contributed by atoms with Crippen LogP contribution in [0.2, 0.25) is 0 Å². The van der Waals surface area contributed by atoms with Gasteiger partial charge >= 0.3 is 0 Å². The fourth-order valence-corrected chi connectivity index (χ4v) is 3.82. The Labute approximate surface area is 118 Å². The van der Waals surface area contributed by atoms with E-state index in [0.29, 0.717) is 11.6 Å². The second-order valence-electron chi connectivity index (χ2n) is 5.62. The molecule has 3 rings (SSSR count). The van der Waals surface area contributed by atoms with Crippen molar-refractivity contribution in [1.29, 1.82) is 0 Å². The number of fused-ring (bicyclic) bond motifs is 1. The summed E-state index contributed by atoms with van der Waals surface area (Å²) in [6, 6.07) is 5.40. The van der Waals surface area contributed by atoms with Gasteiger partial charge in [0.15, 0.2) is 0 Å². The van der Waals surface area contributed by atoms with Gasteiger partial charge in [0, 0.05) is 23.8 Å². The van der Waals surface area contributed by atoms with Gasteiger partial charge < -0.3 is 10.6 Å². The van der Waals surface area contributed by atoms with Crippen molar-refractivity contribution in [2.24, 2.45) is 11.7 Å². The summed E-state index contributed by atoms with van der Waals surface area (Å²) >= 11 is 5.08. The molecule has 4 heteroatoms. The third kappa shape index (κ3) is 2.34. The van der Waals surface area contributed by atoms with Crippen LogP contribution >= 0.6 is 12.2 Å². The van der Waals surface area contributed by atoms with Crippen LogP contribution in [0.4, 0.5) is 10.1 Å². The van der Waals surface area contributed by atoms with Crippen molar-refractivity contribution < 1.29 is 4.39 Å². The monoisotopic (exact) mass is 278 g/mol. The molecule has 1 aliphatic heterocycles. The molecule has 2 nitrogen and oxygen atoms in total. The lowest BCUT2D eigenvalue weighted by Crippen LogP contribution is -2.36. The quantitative estimate of drug-likeness (QED) is 0.842. The molecule has 1 aliphatic carbocycles. The lowest BCUT2D eigenvalue weighted by Gasteiger charge is -2.34. The van der Waals surface area contributed by atoms with E-state index in [0.717, 1.165) is 18.2 Å². The van der Waals surface area contributed by atoms with Gasteiger partial charge in [0.1, 0.15) is 10.8 Å². The lowest BCUT2D eigenvalue weighted by molar-refractivity contribution is 0.342. The normalized spacial score (nSPS) is 26.3. The zero-order valence-corrected chi connectivity index (χ0v) is 11.8. The van der Waals surface area contributed by atoms with Crippen molar-refractivity contribution in [3.05, 3.63) is 29.6 Å². The Morgan fingerprint density at radius 3 is 2.84 bits per heavy atom. The van der Waals surface area contributed by atoms with Crippen LogP contribution in [-0.2, 0) is 0 Å². The predicted molar refractivity (Wildman–Crippen MR) is 80.0 cm³/mol. The topological polar surface area (TPSA) is 29.3 Å². The number of nitrogens with two attached hydrogens (primary N) is 1. The Morgan fingerprint density at radius 2 is 2.05 bits per heavy atom. The Kier molecular flexibility index (Phi) is 3.44.